The summed E-state index contributed by atoms with van der Waals surface area (Å²) in [6.45, 7) is 0. The van der Waals surface area contributed by atoms with E-state index in [0.717, 1.165) is 0 Å². The number of hydrogen-bond donors (Lipinski definition) is 3. The molecular weight excluding hydrogens is 242 g/mol. The third-order valence-electron chi connectivity index (χ3n) is 1.74. The van der Waals surface area contributed by atoms with Crippen LogP contribution >= 0.6 is 0 Å². The highest BCUT2D eigenvalue weighted by Crippen LogP contribution is 1.92. The Kier molecular flexibility index (Phi) is 4.50. The predicted octanol–water partition coefficient (Wildman–Crippen LogP) is -0.478. The molecule has 8 heteroatoms. The molecule has 0 aromatic carbocycles. The molecule has 1 saturated heterocycles. The van der Waals surface area contributed by atoms with Crippen molar-refractivity contribution in [2.45, 2.75) is 6.42 Å². The lowest BCUT2D eigenvalue weighted by molar-refractivity contribution is -0.129. The minimum atomic E-state index is -0.942. The Balaban J connectivity index is 0.000000180. The summed E-state index contributed by atoms with van der Waals surface area (Å²) in [5.74, 6) is -2.05. The molecule has 18 heavy (non-hydrogen) atoms. The number of hydrogen-bond acceptors (Lipinski definition) is 5. The van der Waals surface area contributed by atoms with Crippen molar-refractivity contribution in [3.05, 3.63) is 30.1 Å². The number of aromatic nitrogens is 1. The van der Waals surface area contributed by atoms with Crippen LogP contribution in [0.1, 0.15) is 16.8 Å². The number of carboxylic acids is 1. The molecule has 0 atom stereocenters. The second kappa shape index (κ2) is 6.09. The summed E-state index contributed by atoms with van der Waals surface area (Å²) in [5.41, 5.74) is 0.220. The molecule has 4 amide bonds. The van der Waals surface area contributed by atoms with Crippen molar-refractivity contribution in [1.82, 2.24) is 15.6 Å². The van der Waals surface area contributed by atoms with Crippen LogP contribution in [0.3, 0.4) is 0 Å². The summed E-state index contributed by atoms with van der Waals surface area (Å²) in [6, 6.07) is 2.34. The molecule has 3 N–H and O–H groups in total. The number of carbonyl (C=O) groups is 4. The van der Waals surface area contributed by atoms with Crippen LogP contribution in [0.25, 0.3) is 0 Å². The molecule has 1 aliphatic rings. The minimum Gasteiger partial charge on any atom is -0.478 e. The smallest absolute Gasteiger partial charge is 0.337 e. The second-order valence-electron chi connectivity index (χ2n) is 3.15. The van der Waals surface area contributed by atoms with Gasteiger partial charge in [0.15, 0.2) is 0 Å². The molecule has 0 spiro atoms. The maximum atomic E-state index is 10.3. The second-order valence-corrected chi connectivity index (χ2v) is 3.15. The van der Waals surface area contributed by atoms with E-state index in [1.807, 2.05) is 10.6 Å². The fraction of sp³-hybridized carbons (Fsp3) is 0.100. The van der Waals surface area contributed by atoms with Gasteiger partial charge in [0.1, 0.15) is 6.42 Å². The third kappa shape index (κ3) is 4.39. The third-order valence-corrected chi connectivity index (χ3v) is 1.74. The van der Waals surface area contributed by atoms with Gasteiger partial charge in [0, 0.05) is 12.4 Å². The Hall–Kier alpha value is -2.77. The van der Waals surface area contributed by atoms with Gasteiger partial charge in [0.25, 0.3) is 0 Å². The maximum absolute atomic E-state index is 10.3. The van der Waals surface area contributed by atoms with E-state index in [2.05, 4.69) is 4.98 Å². The summed E-state index contributed by atoms with van der Waals surface area (Å²) < 4.78 is 0. The van der Waals surface area contributed by atoms with Gasteiger partial charge in [-0.2, -0.15) is 0 Å². The summed E-state index contributed by atoms with van der Waals surface area (Å²) >= 11 is 0. The van der Waals surface area contributed by atoms with Gasteiger partial charge in [-0.05, 0) is 12.1 Å². The van der Waals surface area contributed by atoms with Crippen LogP contribution in [0.4, 0.5) is 4.79 Å². The van der Waals surface area contributed by atoms with Crippen LogP contribution in [0, 0.1) is 0 Å². The van der Waals surface area contributed by atoms with Crippen molar-refractivity contribution < 1.29 is 24.3 Å². The van der Waals surface area contributed by atoms with Gasteiger partial charge in [0.05, 0.1) is 5.56 Å². The van der Waals surface area contributed by atoms with E-state index in [4.69, 9.17) is 5.11 Å². The molecule has 1 fully saturated rings. The number of nitrogens with zero attached hydrogens (tertiary/aromatic N) is 1. The van der Waals surface area contributed by atoms with E-state index in [1.165, 1.54) is 18.5 Å². The summed E-state index contributed by atoms with van der Waals surface area (Å²) in [7, 11) is 0. The average Bonchev–Trinajstić information content (AvgIpc) is 2.29. The van der Waals surface area contributed by atoms with Crippen LogP contribution in [0.5, 0.6) is 0 Å². The number of amides is 4. The van der Waals surface area contributed by atoms with E-state index in [9.17, 15) is 19.2 Å². The fourth-order valence-electron chi connectivity index (χ4n) is 1.01. The van der Waals surface area contributed by atoms with Crippen LogP contribution < -0.4 is 10.6 Å². The van der Waals surface area contributed by atoms with Gasteiger partial charge in [-0.15, -0.1) is 0 Å². The first kappa shape index (κ1) is 13.3. The summed E-state index contributed by atoms with van der Waals surface area (Å²) in [5, 5.41) is 12.1. The predicted molar refractivity (Wildman–Crippen MR) is 57.5 cm³/mol. The standard InChI is InChI=1S/C6H5NO2.C4H4N2O3/c8-6(9)5-2-1-3-7-4-5;7-2-1-3(8)6-4(9)5-2/h1-4H,(H,8,9);1H2,(H2,5,6,7,8,9). The molecule has 2 heterocycles. The topological polar surface area (TPSA) is 125 Å². The molecule has 1 aromatic rings. The zero-order valence-corrected chi connectivity index (χ0v) is 9.04. The number of carboxylic acid groups (broad SMARTS) is 1. The number of imide groups is 2. The number of pyridine rings is 1. The van der Waals surface area contributed by atoms with Crippen molar-refractivity contribution in [2.24, 2.45) is 0 Å². The van der Waals surface area contributed by atoms with E-state index >= 15 is 0 Å². The number of urea groups is 1. The van der Waals surface area contributed by atoms with Gasteiger partial charge < -0.3 is 5.11 Å². The highest BCUT2D eigenvalue weighted by atomic mass is 16.4. The van der Waals surface area contributed by atoms with Gasteiger partial charge in [-0.25, -0.2) is 9.59 Å². The van der Waals surface area contributed by atoms with Gasteiger partial charge in [-0.3, -0.25) is 25.2 Å². The van der Waals surface area contributed by atoms with Crippen LogP contribution in [0.2, 0.25) is 0 Å². The van der Waals surface area contributed by atoms with E-state index < -0.39 is 23.8 Å². The maximum Gasteiger partial charge on any atom is 0.337 e. The fourth-order valence-corrected chi connectivity index (χ4v) is 1.01. The number of carbonyl (C=O) groups excluding carboxylic acids is 3. The Labute approximate surface area is 101 Å². The van der Waals surface area contributed by atoms with Crippen molar-refractivity contribution in [3.8, 4) is 0 Å². The first-order chi connectivity index (χ1) is 8.49. The monoisotopic (exact) mass is 251 g/mol. The molecule has 0 radical (unpaired) electrons. The molecule has 1 aliphatic heterocycles. The largest absolute Gasteiger partial charge is 0.478 e. The summed E-state index contributed by atoms with van der Waals surface area (Å²) in [6.07, 6.45) is 2.58. The van der Waals surface area contributed by atoms with Gasteiger partial charge >= 0.3 is 12.0 Å². The lowest BCUT2D eigenvalue weighted by Crippen LogP contribution is -2.49. The molecule has 0 unspecified atom stereocenters. The summed E-state index contributed by atoms with van der Waals surface area (Å²) in [4.78, 5) is 44.6. The molecule has 8 nitrogen and oxygen atoms in total. The lowest BCUT2D eigenvalue weighted by atomic mass is 10.3. The number of barbiturate groups is 1. The molecule has 0 saturated carbocycles. The van der Waals surface area contributed by atoms with Crippen molar-refractivity contribution >= 4 is 23.8 Å². The number of aromatic carboxylic acids is 1. The van der Waals surface area contributed by atoms with Gasteiger partial charge in [0.2, 0.25) is 11.8 Å². The Morgan fingerprint density at radius 2 is 1.83 bits per heavy atom. The molecule has 0 bridgehead atoms. The van der Waals surface area contributed by atoms with Crippen molar-refractivity contribution in [1.29, 1.82) is 0 Å². The normalized spacial score (nSPS) is 13.9. The van der Waals surface area contributed by atoms with E-state index in [-0.39, 0.29) is 12.0 Å². The molecule has 94 valence electrons. The quantitative estimate of drug-likeness (QED) is 0.579. The molecule has 0 aliphatic carbocycles. The first-order valence-electron chi connectivity index (χ1n) is 4.76. The Morgan fingerprint density at radius 1 is 1.22 bits per heavy atom. The van der Waals surface area contributed by atoms with E-state index in [0.29, 0.717) is 0 Å². The average molecular weight is 251 g/mol. The zero-order chi connectivity index (χ0) is 13.5. The lowest BCUT2D eigenvalue weighted by Gasteiger charge is -2.09. The highest BCUT2D eigenvalue weighted by molar-refractivity contribution is 6.14. The Bertz CT molecular complexity index is 440. The molecule has 1 aromatic heterocycles. The van der Waals surface area contributed by atoms with Crippen LogP contribution in [-0.4, -0.2) is 33.9 Å². The first-order valence-corrected chi connectivity index (χ1v) is 4.76. The number of nitrogens with one attached hydrogen (secondary N) is 2. The highest BCUT2D eigenvalue weighted by Gasteiger charge is 2.20. The van der Waals surface area contributed by atoms with Crippen molar-refractivity contribution in [3.63, 3.8) is 0 Å². The SMILES string of the molecule is O=C(O)c1cccnc1.O=C1CC(=O)NC(=O)N1. The molecule has 2 rings (SSSR count). The Morgan fingerprint density at radius 3 is 2.17 bits per heavy atom. The van der Waals surface area contributed by atoms with Crippen molar-refractivity contribution in [2.75, 3.05) is 0 Å². The van der Waals surface area contributed by atoms with E-state index in [1.54, 1.807) is 6.07 Å². The minimum absolute atomic E-state index is 0.220. The van der Waals surface area contributed by atoms with Crippen LogP contribution in [0.15, 0.2) is 24.5 Å². The van der Waals surface area contributed by atoms with Crippen LogP contribution in [-0.2, 0) is 9.59 Å². The number of rotatable bonds is 1. The van der Waals surface area contributed by atoms with Gasteiger partial charge in [-0.1, -0.05) is 0 Å². The zero-order valence-electron chi connectivity index (χ0n) is 9.04. The molecular formula is C10H9N3O5.